The zero-order valence-electron chi connectivity index (χ0n) is 13.4. The number of aromatic nitrogens is 3. The summed E-state index contributed by atoms with van der Waals surface area (Å²) in [5, 5.41) is 3.40. The number of imidazole rings is 1. The van der Waals surface area contributed by atoms with Gasteiger partial charge in [-0.15, -0.1) is 0 Å². The minimum atomic E-state index is 0.765. The lowest BCUT2D eigenvalue weighted by Crippen LogP contribution is -2.08. The van der Waals surface area contributed by atoms with Crippen molar-refractivity contribution in [2.24, 2.45) is 4.99 Å². The molecule has 3 heterocycles. The van der Waals surface area contributed by atoms with Crippen LogP contribution in [0.25, 0.3) is 0 Å². The second kappa shape index (κ2) is 6.66. The third-order valence-electron chi connectivity index (χ3n) is 4.17. The van der Waals surface area contributed by atoms with E-state index in [-0.39, 0.29) is 0 Å². The highest BCUT2D eigenvalue weighted by atomic mass is 15.0. The van der Waals surface area contributed by atoms with Crippen LogP contribution in [0.5, 0.6) is 0 Å². The van der Waals surface area contributed by atoms with Crippen LogP contribution in [0.1, 0.15) is 23.1 Å². The number of benzene rings is 1. The number of aliphatic imine (C=N–C) groups is 1. The van der Waals surface area contributed by atoms with Crippen molar-refractivity contribution in [3.63, 3.8) is 0 Å². The smallest absolute Gasteiger partial charge is 0.126 e. The Labute approximate surface area is 141 Å². The van der Waals surface area contributed by atoms with Gasteiger partial charge in [0, 0.05) is 42.8 Å². The van der Waals surface area contributed by atoms with Gasteiger partial charge in [-0.05, 0) is 24.1 Å². The fraction of sp³-hybridized carbons (Fsp3) is 0.211. The number of nitrogens with zero attached hydrogens (tertiary/aromatic N) is 4. The first-order valence-corrected chi connectivity index (χ1v) is 8.19. The molecular weight excluding hydrogens is 298 g/mol. The zero-order chi connectivity index (χ0) is 16.2. The number of rotatable bonds is 6. The SMILES string of the molecule is c1ccc2c(c1)CN=C2c1ccnc(NCCCn2ccnc2)c1. The van der Waals surface area contributed by atoms with E-state index >= 15 is 0 Å². The van der Waals surface area contributed by atoms with Gasteiger partial charge >= 0.3 is 0 Å². The maximum atomic E-state index is 4.70. The average Bonchev–Trinajstić information content (AvgIpc) is 3.28. The topological polar surface area (TPSA) is 55.1 Å². The lowest BCUT2D eigenvalue weighted by molar-refractivity contribution is 0.660. The number of hydrogen-bond acceptors (Lipinski definition) is 4. The Kier molecular flexibility index (Phi) is 4.06. The van der Waals surface area contributed by atoms with E-state index in [0.29, 0.717) is 0 Å². The minimum absolute atomic E-state index is 0.765. The first-order valence-electron chi connectivity index (χ1n) is 8.19. The monoisotopic (exact) mass is 317 g/mol. The maximum Gasteiger partial charge on any atom is 0.126 e. The molecule has 1 aromatic carbocycles. The zero-order valence-corrected chi connectivity index (χ0v) is 13.4. The molecule has 0 aliphatic carbocycles. The van der Waals surface area contributed by atoms with Gasteiger partial charge in [0.05, 0.1) is 18.6 Å². The van der Waals surface area contributed by atoms with Crippen molar-refractivity contribution >= 4 is 11.5 Å². The summed E-state index contributed by atoms with van der Waals surface area (Å²) in [6, 6.07) is 12.5. The Morgan fingerprint density at radius 3 is 3.00 bits per heavy atom. The van der Waals surface area contributed by atoms with Crippen LogP contribution in [-0.4, -0.2) is 26.8 Å². The molecule has 4 rings (SSSR count). The van der Waals surface area contributed by atoms with Crippen LogP contribution in [0, 0.1) is 0 Å². The van der Waals surface area contributed by atoms with E-state index in [4.69, 9.17) is 4.99 Å². The quantitative estimate of drug-likeness (QED) is 0.711. The van der Waals surface area contributed by atoms with Crippen molar-refractivity contribution in [3.8, 4) is 0 Å². The van der Waals surface area contributed by atoms with Crippen LogP contribution >= 0.6 is 0 Å². The van der Waals surface area contributed by atoms with E-state index in [0.717, 1.165) is 43.1 Å². The standard InChI is InChI=1S/C19H19N5/c1-2-5-17-16(4-1)13-23-19(17)15-6-8-22-18(12-15)21-7-3-10-24-11-9-20-14-24/h1-2,4-6,8-9,11-12,14H,3,7,10,13H2,(H,21,22). The largest absolute Gasteiger partial charge is 0.370 e. The van der Waals surface area contributed by atoms with Crippen LogP contribution in [-0.2, 0) is 13.1 Å². The van der Waals surface area contributed by atoms with Crippen molar-refractivity contribution in [3.05, 3.63) is 78.0 Å². The molecule has 1 N–H and O–H groups in total. The lowest BCUT2D eigenvalue weighted by atomic mass is 10.0. The number of nitrogens with one attached hydrogen (secondary N) is 1. The molecule has 0 radical (unpaired) electrons. The molecule has 5 heteroatoms. The molecule has 1 aliphatic heterocycles. The molecule has 0 unspecified atom stereocenters. The summed E-state index contributed by atoms with van der Waals surface area (Å²) in [6.45, 7) is 2.59. The molecule has 1 aliphatic rings. The molecule has 24 heavy (non-hydrogen) atoms. The molecule has 0 saturated heterocycles. The number of aryl methyl sites for hydroxylation is 1. The highest BCUT2D eigenvalue weighted by Crippen LogP contribution is 2.23. The predicted molar refractivity (Wildman–Crippen MR) is 95.4 cm³/mol. The van der Waals surface area contributed by atoms with E-state index in [1.807, 2.05) is 24.8 Å². The minimum Gasteiger partial charge on any atom is -0.370 e. The van der Waals surface area contributed by atoms with Gasteiger partial charge in [-0.2, -0.15) is 0 Å². The van der Waals surface area contributed by atoms with Gasteiger partial charge in [0.2, 0.25) is 0 Å². The molecule has 0 spiro atoms. The van der Waals surface area contributed by atoms with Gasteiger partial charge < -0.3 is 9.88 Å². The van der Waals surface area contributed by atoms with Crippen molar-refractivity contribution in [1.29, 1.82) is 0 Å². The van der Waals surface area contributed by atoms with Crippen molar-refractivity contribution in [2.75, 3.05) is 11.9 Å². The second-order valence-corrected chi connectivity index (χ2v) is 5.83. The Morgan fingerprint density at radius 2 is 2.08 bits per heavy atom. The summed E-state index contributed by atoms with van der Waals surface area (Å²) in [4.78, 5) is 13.2. The van der Waals surface area contributed by atoms with Crippen molar-refractivity contribution < 1.29 is 0 Å². The Morgan fingerprint density at radius 1 is 1.12 bits per heavy atom. The third-order valence-corrected chi connectivity index (χ3v) is 4.17. The molecule has 120 valence electrons. The van der Waals surface area contributed by atoms with E-state index in [1.165, 1.54) is 11.1 Å². The molecule has 0 bridgehead atoms. The number of hydrogen-bond donors (Lipinski definition) is 1. The number of fused-ring (bicyclic) bond motifs is 1. The Hall–Kier alpha value is -2.95. The van der Waals surface area contributed by atoms with Gasteiger partial charge in [-0.3, -0.25) is 4.99 Å². The fourth-order valence-corrected chi connectivity index (χ4v) is 2.96. The molecular formula is C19H19N5. The summed E-state index contributed by atoms with van der Waals surface area (Å²) < 4.78 is 2.08. The number of anilines is 1. The van der Waals surface area contributed by atoms with Crippen LogP contribution in [0.3, 0.4) is 0 Å². The molecule has 0 amide bonds. The first kappa shape index (κ1) is 14.6. The molecule has 3 aromatic rings. The first-order chi connectivity index (χ1) is 11.9. The summed E-state index contributed by atoms with van der Waals surface area (Å²) >= 11 is 0. The van der Waals surface area contributed by atoms with Crippen LogP contribution in [0.15, 0.2) is 66.3 Å². The van der Waals surface area contributed by atoms with Crippen LogP contribution in [0.2, 0.25) is 0 Å². The fourth-order valence-electron chi connectivity index (χ4n) is 2.96. The molecule has 0 atom stereocenters. The van der Waals surface area contributed by atoms with Gasteiger partial charge in [-0.25, -0.2) is 9.97 Å². The summed E-state index contributed by atoms with van der Waals surface area (Å²) in [5.74, 6) is 0.894. The van der Waals surface area contributed by atoms with E-state index in [2.05, 4.69) is 50.2 Å². The average molecular weight is 317 g/mol. The van der Waals surface area contributed by atoms with E-state index < -0.39 is 0 Å². The van der Waals surface area contributed by atoms with Gasteiger partial charge in [0.25, 0.3) is 0 Å². The number of pyridine rings is 1. The molecule has 0 fully saturated rings. The van der Waals surface area contributed by atoms with Gasteiger partial charge in [-0.1, -0.05) is 24.3 Å². The lowest BCUT2D eigenvalue weighted by Gasteiger charge is -2.09. The van der Waals surface area contributed by atoms with Gasteiger partial charge in [0.15, 0.2) is 0 Å². The maximum absolute atomic E-state index is 4.70. The normalized spacial score (nSPS) is 12.8. The van der Waals surface area contributed by atoms with Gasteiger partial charge in [0.1, 0.15) is 5.82 Å². The Balaban J connectivity index is 1.41. The highest BCUT2D eigenvalue weighted by Gasteiger charge is 2.16. The van der Waals surface area contributed by atoms with Crippen LogP contribution < -0.4 is 5.32 Å². The Bertz CT molecular complexity index is 852. The second-order valence-electron chi connectivity index (χ2n) is 5.83. The highest BCUT2D eigenvalue weighted by molar-refractivity contribution is 6.15. The van der Waals surface area contributed by atoms with Crippen molar-refractivity contribution in [2.45, 2.75) is 19.5 Å². The van der Waals surface area contributed by atoms with Crippen LogP contribution in [0.4, 0.5) is 5.82 Å². The van der Waals surface area contributed by atoms with E-state index in [1.54, 1.807) is 6.20 Å². The molecule has 0 saturated carbocycles. The molecule has 2 aromatic heterocycles. The summed E-state index contributed by atoms with van der Waals surface area (Å²) in [6.07, 6.45) is 8.49. The molecule has 5 nitrogen and oxygen atoms in total. The summed E-state index contributed by atoms with van der Waals surface area (Å²) in [7, 11) is 0. The summed E-state index contributed by atoms with van der Waals surface area (Å²) in [5.41, 5.74) is 4.70. The predicted octanol–water partition coefficient (Wildman–Crippen LogP) is 3.13. The third kappa shape index (κ3) is 3.06. The van der Waals surface area contributed by atoms with E-state index in [9.17, 15) is 0 Å². The van der Waals surface area contributed by atoms with Crippen molar-refractivity contribution in [1.82, 2.24) is 14.5 Å².